The molecule has 308 valence electrons. The first-order chi connectivity index (χ1) is 28.8. The van der Waals surface area contributed by atoms with E-state index in [1.165, 1.54) is 89.5 Å². The summed E-state index contributed by atoms with van der Waals surface area (Å²) in [7, 11) is 0. The van der Waals surface area contributed by atoms with Crippen LogP contribution in [0.2, 0.25) is 0 Å². The Hall–Kier alpha value is -5.54. The predicted octanol–water partition coefficient (Wildman–Crippen LogP) is 14.7. The van der Waals surface area contributed by atoms with Crippen LogP contribution in [0.3, 0.4) is 0 Å². The van der Waals surface area contributed by atoms with Crippen LogP contribution in [0.15, 0.2) is 157 Å². The Morgan fingerprint density at radius 3 is 1.51 bits per heavy atom. The van der Waals surface area contributed by atoms with E-state index in [0.29, 0.717) is 5.92 Å². The number of hydrogen-bond donors (Lipinski definition) is 0. The number of allylic oxidation sites excluding steroid dienone is 4. The number of rotatable bonds is 4. The van der Waals surface area contributed by atoms with Gasteiger partial charge in [0.05, 0.1) is 0 Å². The molecule has 0 aromatic heterocycles. The lowest BCUT2D eigenvalue weighted by Crippen LogP contribution is -2.57. The van der Waals surface area contributed by atoms with E-state index in [1.807, 2.05) is 0 Å². The molecule has 2 aliphatic heterocycles. The Labute approximate surface area is 367 Å². The van der Waals surface area contributed by atoms with Crippen molar-refractivity contribution in [1.82, 2.24) is 0 Å². The number of anilines is 5. The van der Waals surface area contributed by atoms with Crippen LogP contribution >= 0.6 is 0 Å². The lowest BCUT2D eigenvalue weighted by Gasteiger charge is -2.49. The molecule has 0 radical (unpaired) electrons. The summed E-state index contributed by atoms with van der Waals surface area (Å²) in [5, 5.41) is 0. The van der Waals surface area contributed by atoms with Gasteiger partial charge >= 0.3 is 0 Å². The molecule has 2 heterocycles. The van der Waals surface area contributed by atoms with Crippen LogP contribution in [-0.2, 0) is 16.2 Å². The molecule has 61 heavy (non-hydrogen) atoms. The van der Waals surface area contributed by atoms with E-state index < -0.39 is 0 Å². The topological polar surface area (TPSA) is 6.48 Å². The van der Waals surface area contributed by atoms with Crippen LogP contribution in [0, 0.1) is 11.3 Å². The van der Waals surface area contributed by atoms with Crippen molar-refractivity contribution in [3.8, 4) is 11.1 Å². The minimum atomic E-state index is -0.0318. The first kappa shape index (κ1) is 40.8. The van der Waals surface area contributed by atoms with Crippen LogP contribution in [0.4, 0.5) is 28.4 Å². The average Bonchev–Trinajstić information content (AvgIpc) is 3.22. The minimum absolute atomic E-state index is 0.00536. The molecule has 3 aliphatic rings. The Morgan fingerprint density at radius 2 is 0.967 bits per heavy atom. The first-order valence-corrected chi connectivity index (χ1v) is 22.5. The fourth-order valence-electron chi connectivity index (χ4n) is 9.93. The lowest BCUT2D eigenvalue weighted by molar-refractivity contribution is 0.289. The van der Waals surface area contributed by atoms with Gasteiger partial charge in [-0.05, 0) is 132 Å². The second-order valence-electron chi connectivity index (χ2n) is 22.0. The first-order valence-electron chi connectivity index (χ1n) is 22.5. The summed E-state index contributed by atoms with van der Waals surface area (Å²) in [6.07, 6.45) is 3.59. The summed E-state index contributed by atoms with van der Waals surface area (Å²) in [4.78, 5) is 5.27. The molecule has 9 rings (SSSR count). The SMILES string of the molecule is CC(C)(C)c1ccc(N2C3=C(B4c5c(-c6ccccc6)cccc5N(c5cc(C(C)(C)C)cc(C(C)(C)C)c5)c5cccc2c54)C(c2ccccc2)=CC(C(C)(C)C)C3)cc1. The van der Waals surface area contributed by atoms with E-state index in [1.54, 1.807) is 0 Å². The summed E-state index contributed by atoms with van der Waals surface area (Å²) < 4.78 is 0. The fraction of sp³-hybridized carbons (Fsp3) is 0.310. The van der Waals surface area contributed by atoms with Gasteiger partial charge in [-0.15, -0.1) is 0 Å². The molecule has 0 bridgehead atoms. The highest BCUT2D eigenvalue weighted by Crippen LogP contribution is 2.53. The molecule has 6 aromatic carbocycles. The molecule has 1 atom stereocenters. The number of nitrogens with zero attached hydrogens (tertiary/aromatic N) is 2. The molecule has 0 fully saturated rings. The van der Waals surface area contributed by atoms with Gasteiger partial charge in [-0.25, -0.2) is 0 Å². The van der Waals surface area contributed by atoms with Gasteiger partial charge < -0.3 is 9.80 Å². The third kappa shape index (κ3) is 7.18. The Balaban J connectivity index is 1.43. The van der Waals surface area contributed by atoms with Gasteiger partial charge in [-0.1, -0.05) is 186 Å². The second kappa shape index (κ2) is 14.5. The van der Waals surface area contributed by atoms with Crippen molar-refractivity contribution in [1.29, 1.82) is 0 Å². The van der Waals surface area contributed by atoms with Crippen molar-refractivity contribution >= 4 is 51.6 Å². The van der Waals surface area contributed by atoms with E-state index in [9.17, 15) is 0 Å². The monoisotopic (exact) mass is 799 g/mol. The number of benzene rings is 6. The summed E-state index contributed by atoms with van der Waals surface area (Å²) in [6.45, 7) is 28.2. The number of hydrogen-bond acceptors (Lipinski definition) is 2. The van der Waals surface area contributed by atoms with Gasteiger partial charge in [0, 0.05) is 34.1 Å². The minimum Gasteiger partial charge on any atom is -0.315 e. The Morgan fingerprint density at radius 1 is 0.459 bits per heavy atom. The van der Waals surface area contributed by atoms with Gasteiger partial charge in [0.15, 0.2) is 0 Å². The van der Waals surface area contributed by atoms with Crippen molar-refractivity contribution in [2.45, 2.75) is 106 Å². The summed E-state index contributed by atoms with van der Waals surface area (Å²) in [6, 6.07) is 53.4. The van der Waals surface area contributed by atoms with E-state index >= 15 is 0 Å². The molecule has 1 aliphatic carbocycles. The Bertz CT molecular complexity index is 2660. The highest BCUT2D eigenvalue weighted by atomic mass is 15.2. The summed E-state index contributed by atoms with van der Waals surface area (Å²) in [5.41, 5.74) is 21.0. The molecule has 1 unspecified atom stereocenters. The molecule has 0 N–H and O–H groups in total. The molecule has 6 aromatic rings. The maximum absolute atomic E-state index is 2.66. The van der Waals surface area contributed by atoms with Gasteiger partial charge in [0.1, 0.15) is 0 Å². The van der Waals surface area contributed by atoms with Crippen molar-refractivity contribution in [2.24, 2.45) is 11.3 Å². The highest BCUT2D eigenvalue weighted by Gasteiger charge is 2.49. The normalized spacial score (nSPS) is 16.6. The zero-order valence-electron chi connectivity index (χ0n) is 38.6. The average molecular weight is 799 g/mol. The van der Waals surface area contributed by atoms with Crippen LogP contribution in [0.25, 0.3) is 16.7 Å². The molecule has 0 amide bonds. The predicted molar refractivity (Wildman–Crippen MR) is 265 cm³/mol. The Kier molecular flexibility index (Phi) is 9.74. The van der Waals surface area contributed by atoms with Crippen molar-refractivity contribution in [2.75, 3.05) is 9.80 Å². The van der Waals surface area contributed by atoms with Crippen LogP contribution in [0.5, 0.6) is 0 Å². The van der Waals surface area contributed by atoms with Crippen molar-refractivity contribution in [3.63, 3.8) is 0 Å². The summed E-state index contributed by atoms with van der Waals surface area (Å²) in [5.74, 6) is 0.336. The quantitative estimate of drug-likeness (QED) is 0.164. The van der Waals surface area contributed by atoms with Crippen LogP contribution in [-0.4, -0.2) is 6.71 Å². The largest absolute Gasteiger partial charge is 0.315 e. The lowest BCUT2D eigenvalue weighted by atomic mass is 9.30. The van der Waals surface area contributed by atoms with Gasteiger partial charge in [-0.2, -0.15) is 0 Å². The maximum atomic E-state index is 2.66. The second-order valence-corrected chi connectivity index (χ2v) is 22.0. The van der Waals surface area contributed by atoms with Crippen LogP contribution < -0.4 is 20.7 Å². The van der Waals surface area contributed by atoms with E-state index in [2.05, 4.69) is 238 Å². The van der Waals surface area contributed by atoms with Gasteiger partial charge in [0.25, 0.3) is 6.71 Å². The highest BCUT2D eigenvalue weighted by molar-refractivity contribution is 6.97. The molecule has 0 spiro atoms. The maximum Gasteiger partial charge on any atom is 0.253 e. The molecule has 0 saturated heterocycles. The zero-order chi connectivity index (χ0) is 43.2. The molecule has 0 saturated carbocycles. The molecular weight excluding hydrogens is 735 g/mol. The fourth-order valence-corrected chi connectivity index (χ4v) is 9.93. The molecular formula is C58H63BN2. The van der Waals surface area contributed by atoms with E-state index in [-0.39, 0.29) is 28.4 Å². The zero-order valence-corrected chi connectivity index (χ0v) is 38.6. The smallest absolute Gasteiger partial charge is 0.253 e. The van der Waals surface area contributed by atoms with E-state index in [0.717, 1.165) is 6.42 Å². The van der Waals surface area contributed by atoms with Gasteiger partial charge in [0.2, 0.25) is 0 Å². The standard InChI is InChI=1S/C58H63BN2/c1-55(2,3)40-29-31-44(32-30-40)60-49-27-20-28-50-54(49)59(53-47(39-23-17-14-18-24-39)36-43(37-51(53)60)58(10,11)12)52-46(38-21-15-13-16-22-38)25-19-26-48(52)61(50)45-34-41(56(4,5)6)33-42(35-45)57(7,8)9/h13-36,43H,37H2,1-12H3. The van der Waals surface area contributed by atoms with Crippen molar-refractivity contribution in [3.05, 3.63) is 179 Å². The van der Waals surface area contributed by atoms with Crippen LogP contribution in [0.1, 0.15) is 112 Å². The van der Waals surface area contributed by atoms with Crippen molar-refractivity contribution < 1.29 is 0 Å². The third-order valence-electron chi connectivity index (χ3n) is 13.6. The molecule has 2 nitrogen and oxygen atoms in total. The third-order valence-corrected chi connectivity index (χ3v) is 13.6. The number of fused-ring (bicyclic) bond motifs is 3. The summed E-state index contributed by atoms with van der Waals surface area (Å²) >= 11 is 0. The molecule has 3 heteroatoms. The van der Waals surface area contributed by atoms with E-state index in [4.69, 9.17) is 0 Å². The van der Waals surface area contributed by atoms with Gasteiger partial charge in [-0.3, -0.25) is 0 Å².